The van der Waals surface area contributed by atoms with Crippen LogP contribution in [0.1, 0.15) is 28.8 Å². The number of aromatic nitrogens is 1. The number of likely N-dealkylation sites (tertiary alicyclic amines) is 1. The number of nitrogens with one attached hydrogen (secondary N) is 2. The molecule has 3 fully saturated rings. The molecular weight excluding hydrogens is 412 g/mol. The van der Waals surface area contributed by atoms with Crippen LogP contribution in [0, 0.1) is 11.8 Å². The fourth-order valence-corrected chi connectivity index (χ4v) is 5.59. The van der Waals surface area contributed by atoms with Gasteiger partial charge in [0.25, 0.3) is 11.1 Å². The number of hydrogen-bond donors (Lipinski definition) is 2. The topological polar surface area (TPSA) is 85.5 Å². The molecule has 0 bridgehead atoms. The number of H-pyrrole nitrogens is 1. The Morgan fingerprint density at radius 3 is 2.68 bits per heavy atom. The number of benzene rings is 1. The Bertz CT molecular complexity index is 1130. The molecule has 2 atom stereocenters. The van der Waals surface area contributed by atoms with Crippen molar-refractivity contribution in [2.24, 2.45) is 11.8 Å². The van der Waals surface area contributed by atoms with Crippen LogP contribution >= 0.6 is 11.8 Å². The van der Waals surface area contributed by atoms with Gasteiger partial charge in [-0.2, -0.15) is 0 Å². The van der Waals surface area contributed by atoms with Gasteiger partial charge in [0, 0.05) is 42.8 Å². The van der Waals surface area contributed by atoms with E-state index in [9.17, 15) is 14.4 Å². The summed E-state index contributed by atoms with van der Waals surface area (Å²) in [7, 11) is 0. The molecule has 1 aromatic heterocycles. The molecule has 1 saturated carbocycles. The first-order valence-electron chi connectivity index (χ1n) is 10.6. The molecule has 158 valence electrons. The van der Waals surface area contributed by atoms with Crippen molar-refractivity contribution in [3.63, 3.8) is 0 Å². The van der Waals surface area contributed by atoms with Gasteiger partial charge in [-0.3, -0.25) is 24.2 Å². The maximum atomic E-state index is 12.6. The lowest BCUT2D eigenvalue weighted by atomic mass is 10.0. The van der Waals surface area contributed by atoms with Crippen LogP contribution in [0.4, 0.5) is 10.5 Å². The number of carbonyl (C=O) groups is 3. The van der Waals surface area contributed by atoms with E-state index < -0.39 is 0 Å². The van der Waals surface area contributed by atoms with Crippen molar-refractivity contribution in [1.82, 2.24) is 14.8 Å². The summed E-state index contributed by atoms with van der Waals surface area (Å²) in [6, 6.07) is 7.67. The van der Waals surface area contributed by atoms with E-state index >= 15 is 0 Å². The first-order chi connectivity index (χ1) is 15.0. The van der Waals surface area contributed by atoms with Crippen LogP contribution in [-0.2, 0) is 22.7 Å². The van der Waals surface area contributed by atoms with Gasteiger partial charge in [-0.1, -0.05) is 17.8 Å². The van der Waals surface area contributed by atoms with E-state index in [2.05, 4.69) is 21.3 Å². The highest BCUT2D eigenvalue weighted by Gasteiger charge is 2.44. The number of amides is 3. The second-order valence-corrected chi connectivity index (χ2v) is 9.77. The molecule has 2 aromatic rings. The molecule has 8 heteroatoms. The molecule has 4 aliphatic rings. The van der Waals surface area contributed by atoms with Crippen molar-refractivity contribution in [1.29, 1.82) is 0 Å². The lowest BCUT2D eigenvalue weighted by Crippen LogP contribution is -2.27. The van der Waals surface area contributed by atoms with E-state index in [1.807, 2.05) is 30.5 Å². The molecule has 3 aliphatic heterocycles. The largest absolute Gasteiger partial charge is 0.361 e. The van der Waals surface area contributed by atoms with Gasteiger partial charge in [0.05, 0.1) is 17.9 Å². The summed E-state index contributed by atoms with van der Waals surface area (Å²) in [5.74, 6) is 1.71. The number of piperidine rings is 1. The molecule has 31 heavy (non-hydrogen) atoms. The van der Waals surface area contributed by atoms with Gasteiger partial charge in [-0.25, -0.2) is 0 Å². The Kier molecular flexibility index (Phi) is 4.33. The van der Waals surface area contributed by atoms with Crippen LogP contribution in [-0.4, -0.2) is 50.7 Å². The highest BCUT2D eigenvalue weighted by atomic mass is 32.2. The number of aromatic amines is 1. The van der Waals surface area contributed by atoms with Crippen LogP contribution in [0.15, 0.2) is 30.5 Å². The van der Waals surface area contributed by atoms with E-state index in [1.54, 1.807) is 0 Å². The average molecular weight is 435 g/mol. The Hall–Kier alpha value is -2.84. The molecule has 6 rings (SSSR count). The number of nitrogens with zero attached hydrogens (tertiary/aromatic N) is 2. The number of hydrogen-bond acceptors (Lipinski definition) is 5. The molecule has 1 aliphatic carbocycles. The van der Waals surface area contributed by atoms with Gasteiger partial charge < -0.3 is 10.3 Å². The SMILES string of the molecule is O=C1Nc2ccc(CN3C(=O)CSC3=O)cc2C1=Cc1cc(CN2CC3CC3C2)c[nH]1. The maximum absolute atomic E-state index is 12.6. The van der Waals surface area contributed by atoms with Crippen molar-refractivity contribution in [2.75, 3.05) is 24.2 Å². The van der Waals surface area contributed by atoms with Gasteiger partial charge >= 0.3 is 0 Å². The molecule has 0 radical (unpaired) electrons. The summed E-state index contributed by atoms with van der Waals surface area (Å²) in [6.07, 6.45) is 5.29. The third-order valence-corrected chi connectivity index (χ3v) is 7.43. The minimum absolute atomic E-state index is 0.146. The summed E-state index contributed by atoms with van der Waals surface area (Å²) in [5.41, 5.74) is 5.07. The second-order valence-electron chi connectivity index (χ2n) is 8.84. The van der Waals surface area contributed by atoms with Gasteiger partial charge in [-0.05, 0) is 53.7 Å². The monoisotopic (exact) mass is 434 g/mol. The van der Waals surface area contributed by atoms with Crippen LogP contribution in [0.3, 0.4) is 0 Å². The summed E-state index contributed by atoms with van der Waals surface area (Å²) in [4.78, 5) is 43.5. The number of thioether (sulfide) groups is 1. The molecule has 7 nitrogen and oxygen atoms in total. The molecule has 3 amide bonds. The van der Waals surface area contributed by atoms with Gasteiger partial charge in [0.15, 0.2) is 0 Å². The Labute approximate surface area is 183 Å². The first-order valence-corrected chi connectivity index (χ1v) is 11.5. The lowest BCUT2D eigenvalue weighted by molar-refractivity contribution is -0.125. The molecule has 4 heterocycles. The van der Waals surface area contributed by atoms with Crippen LogP contribution < -0.4 is 5.32 Å². The summed E-state index contributed by atoms with van der Waals surface area (Å²) in [6.45, 7) is 3.57. The highest BCUT2D eigenvalue weighted by molar-refractivity contribution is 8.14. The van der Waals surface area contributed by atoms with Gasteiger partial charge in [0.1, 0.15) is 0 Å². The van der Waals surface area contributed by atoms with Crippen molar-refractivity contribution < 1.29 is 14.4 Å². The average Bonchev–Trinajstić information content (AvgIpc) is 3.10. The zero-order valence-corrected chi connectivity index (χ0v) is 17.7. The van der Waals surface area contributed by atoms with E-state index in [1.165, 1.54) is 30.0 Å². The molecule has 2 saturated heterocycles. The third kappa shape index (κ3) is 3.49. The number of imide groups is 1. The van der Waals surface area contributed by atoms with Gasteiger partial charge in [-0.15, -0.1) is 0 Å². The Morgan fingerprint density at radius 2 is 1.90 bits per heavy atom. The van der Waals surface area contributed by atoms with E-state index in [-0.39, 0.29) is 29.4 Å². The smallest absolute Gasteiger partial charge is 0.289 e. The molecule has 1 aromatic carbocycles. The predicted octanol–water partition coefficient (Wildman–Crippen LogP) is 3.15. The van der Waals surface area contributed by atoms with Gasteiger partial charge in [0.2, 0.25) is 5.91 Å². The third-order valence-electron chi connectivity index (χ3n) is 6.57. The molecule has 2 unspecified atom stereocenters. The number of rotatable bonds is 5. The van der Waals surface area contributed by atoms with Crippen molar-refractivity contribution in [3.8, 4) is 0 Å². The fourth-order valence-electron chi connectivity index (χ4n) is 4.87. The Balaban J connectivity index is 1.22. The minimum atomic E-state index is -0.218. The Morgan fingerprint density at radius 1 is 1.06 bits per heavy atom. The maximum Gasteiger partial charge on any atom is 0.289 e. The quantitative estimate of drug-likeness (QED) is 0.706. The number of fused-ring (bicyclic) bond motifs is 2. The molecule has 2 N–H and O–H groups in total. The fraction of sp³-hybridized carbons (Fsp3) is 0.348. The van der Waals surface area contributed by atoms with Crippen LogP contribution in [0.5, 0.6) is 0 Å². The second kappa shape index (κ2) is 7.10. The molecule has 0 spiro atoms. The van der Waals surface area contributed by atoms with Crippen LogP contribution in [0.25, 0.3) is 11.6 Å². The molecular formula is C23H22N4O3S. The number of carbonyl (C=O) groups excluding carboxylic acids is 3. The predicted molar refractivity (Wildman–Crippen MR) is 119 cm³/mol. The zero-order valence-electron chi connectivity index (χ0n) is 16.9. The summed E-state index contributed by atoms with van der Waals surface area (Å²) in [5, 5.41) is 2.68. The van der Waals surface area contributed by atoms with Crippen LogP contribution in [0.2, 0.25) is 0 Å². The highest BCUT2D eigenvalue weighted by Crippen LogP contribution is 2.45. The first kappa shape index (κ1) is 18.9. The number of anilines is 1. The van der Waals surface area contributed by atoms with Crippen molar-refractivity contribution >= 4 is 46.2 Å². The van der Waals surface area contributed by atoms with E-state index in [0.717, 1.165) is 52.7 Å². The van der Waals surface area contributed by atoms with Crippen molar-refractivity contribution in [2.45, 2.75) is 19.5 Å². The normalized spacial score (nSPS) is 26.0. The van der Waals surface area contributed by atoms with E-state index in [4.69, 9.17) is 0 Å². The summed E-state index contributed by atoms with van der Waals surface area (Å²) < 4.78 is 0. The zero-order chi connectivity index (χ0) is 21.1. The van der Waals surface area contributed by atoms with E-state index in [0.29, 0.717) is 5.57 Å². The minimum Gasteiger partial charge on any atom is -0.361 e. The summed E-state index contributed by atoms with van der Waals surface area (Å²) >= 11 is 1.03. The standard InChI is InChI=1S/C23H22N4O3S/c28-21-12-31-23(30)27(21)9-13-1-2-20-18(4-13)19(22(29)25-20)6-17-3-14(7-24-17)8-26-10-15-5-16(15)11-26/h1-4,6-7,15-16,24H,5,8-12H2,(H,25,29). The van der Waals surface area contributed by atoms with Crippen molar-refractivity contribution in [3.05, 3.63) is 52.8 Å². The lowest BCUT2D eigenvalue weighted by Gasteiger charge is -2.15.